The molecule has 0 aliphatic carbocycles. The van der Waals surface area contributed by atoms with Crippen LogP contribution in [0.3, 0.4) is 0 Å². The number of aryl methyl sites for hydroxylation is 1. The van der Waals surface area contributed by atoms with Gasteiger partial charge in [-0.2, -0.15) is 0 Å². The summed E-state index contributed by atoms with van der Waals surface area (Å²) in [5.41, 5.74) is 2.06. The van der Waals surface area contributed by atoms with Crippen molar-refractivity contribution < 1.29 is 19.1 Å². The van der Waals surface area contributed by atoms with Crippen LogP contribution in [0.1, 0.15) is 24.5 Å². The van der Waals surface area contributed by atoms with Gasteiger partial charge in [-0.05, 0) is 37.1 Å². The van der Waals surface area contributed by atoms with Crippen molar-refractivity contribution in [2.45, 2.75) is 26.8 Å². The van der Waals surface area contributed by atoms with Gasteiger partial charge in [0, 0.05) is 6.54 Å². The minimum atomic E-state index is -0.406. The van der Waals surface area contributed by atoms with Gasteiger partial charge in [-0.3, -0.25) is 9.59 Å². The average Bonchev–Trinajstić information content (AvgIpc) is 2.62. The van der Waals surface area contributed by atoms with Crippen LogP contribution in [0.15, 0.2) is 54.6 Å². The number of carbonyl (C=O) groups excluding carboxylic acids is 2. The lowest BCUT2D eigenvalue weighted by Gasteiger charge is -2.22. The Morgan fingerprint density at radius 2 is 1.81 bits per heavy atom. The van der Waals surface area contributed by atoms with Gasteiger partial charge in [-0.15, -0.1) is 0 Å². The highest BCUT2D eigenvalue weighted by molar-refractivity contribution is 5.82. The molecule has 2 aromatic carbocycles. The first-order valence-corrected chi connectivity index (χ1v) is 8.75. The summed E-state index contributed by atoms with van der Waals surface area (Å²) in [5.74, 6) is 0.184. The molecule has 0 bridgehead atoms. The Kier molecular flexibility index (Phi) is 7.68. The molecule has 5 nitrogen and oxygen atoms in total. The van der Waals surface area contributed by atoms with E-state index in [-0.39, 0.29) is 25.5 Å². The minimum Gasteiger partial charge on any atom is -0.493 e. The maximum atomic E-state index is 12.6. The highest BCUT2D eigenvalue weighted by Crippen LogP contribution is 2.13. The Balaban J connectivity index is 1.94. The van der Waals surface area contributed by atoms with Crippen LogP contribution in [-0.2, 0) is 20.9 Å². The van der Waals surface area contributed by atoms with Gasteiger partial charge in [0.2, 0.25) is 5.91 Å². The summed E-state index contributed by atoms with van der Waals surface area (Å²) in [5, 5.41) is 0. The number of rotatable bonds is 9. The van der Waals surface area contributed by atoms with E-state index in [4.69, 9.17) is 9.47 Å². The summed E-state index contributed by atoms with van der Waals surface area (Å²) in [6.07, 6.45) is 0.195. The molecule has 26 heavy (non-hydrogen) atoms. The van der Waals surface area contributed by atoms with Gasteiger partial charge in [0.15, 0.2) is 0 Å². The normalized spacial score (nSPS) is 10.2. The van der Waals surface area contributed by atoms with E-state index in [0.29, 0.717) is 13.2 Å². The van der Waals surface area contributed by atoms with E-state index in [1.807, 2.05) is 61.5 Å². The first-order valence-electron chi connectivity index (χ1n) is 8.75. The predicted molar refractivity (Wildman–Crippen MR) is 99.8 cm³/mol. The largest absolute Gasteiger partial charge is 0.493 e. The van der Waals surface area contributed by atoms with Gasteiger partial charge in [0.25, 0.3) is 0 Å². The fraction of sp³-hybridized carbons (Fsp3) is 0.333. The molecule has 0 spiro atoms. The van der Waals surface area contributed by atoms with Crippen LogP contribution in [0.5, 0.6) is 5.75 Å². The molecule has 0 radical (unpaired) electrons. The van der Waals surface area contributed by atoms with Crippen molar-refractivity contribution in [1.29, 1.82) is 0 Å². The Morgan fingerprint density at radius 3 is 2.50 bits per heavy atom. The van der Waals surface area contributed by atoms with E-state index in [1.54, 1.807) is 6.92 Å². The third-order valence-corrected chi connectivity index (χ3v) is 3.77. The highest BCUT2D eigenvalue weighted by atomic mass is 16.5. The number of ether oxygens (including phenoxy) is 2. The Morgan fingerprint density at radius 1 is 1.04 bits per heavy atom. The van der Waals surface area contributed by atoms with Crippen LogP contribution in [0.25, 0.3) is 0 Å². The fourth-order valence-electron chi connectivity index (χ4n) is 2.52. The first-order chi connectivity index (χ1) is 12.6. The van der Waals surface area contributed by atoms with Gasteiger partial charge in [-0.25, -0.2) is 0 Å². The third-order valence-electron chi connectivity index (χ3n) is 3.77. The van der Waals surface area contributed by atoms with Crippen molar-refractivity contribution in [3.05, 3.63) is 65.7 Å². The number of benzene rings is 2. The molecule has 2 aromatic rings. The van der Waals surface area contributed by atoms with Gasteiger partial charge in [-0.1, -0.05) is 42.5 Å². The predicted octanol–water partition coefficient (Wildman–Crippen LogP) is 3.36. The molecule has 138 valence electrons. The van der Waals surface area contributed by atoms with E-state index in [0.717, 1.165) is 16.9 Å². The van der Waals surface area contributed by atoms with Crippen LogP contribution in [-0.4, -0.2) is 36.5 Å². The Hall–Kier alpha value is -2.82. The van der Waals surface area contributed by atoms with Gasteiger partial charge < -0.3 is 14.4 Å². The zero-order valence-electron chi connectivity index (χ0n) is 15.3. The number of amides is 1. The molecule has 1 amide bonds. The smallest absolute Gasteiger partial charge is 0.325 e. The van der Waals surface area contributed by atoms with Crippen LogP contribution in [0.4, 0.5) is 0 Å². The summed E-state index contributed by atoms with van der Waals surface area (Å²) in [6, 6.07) is 17.3. The van der Waals surface area contributed by atoms with Crippen molar-refractivity contribution in [1.82, 2.24) is 4.90 Å². The number of hydrogen-bond donors (Lipinski definition) is 0. The zero-order chi connectivity index (χ0) is 18.8. The number of carbonyl (C=O) groups is 2. The molecule has 0 heterocycles. The lowest BCUT2D eigenvalue weighted by molar-refractivity contribution is -0.149. The lowest BCUT2D eigenvalue weighted by atomic mass is 10.2. The standard InChI is InChI=1S/C21H25NO4/c1-3-25-21(24)16-22(15-18-9-5-4-6-10-18)20(23)12-13-26-19-11-7-8-17(2)14-19/h4-11,14H,3,12-13,15-16H2,1-2H3. The molecule has 0 aliphatic rings. The summed E-state index contributed by atoms with van der Waals surface area (Å²) in [7, 11) is 0. The van der Waals surface area contributed by atoms with Crippen LogP contribution < -0.4 is 4.74 Å². The van der Waals surface area contributed by atoms with E-state index in [9.17, 15) is 9.59 Å². The molecule has 0 fully saturated rings. The summed E-state index contributed by atoms with van der Waals surface area (Å²) in [6.45, 7) is 4.59. The van der Waals surface area contributed by atoms with Crippen LogP contribution in [0.2, 0.25) is 0 Å². The Labute approximate surface area is 154 Å². The maximum Gasteiger partial charge on any atom is 0.325 e. The van der Waals surface area contributed by atoms with E-state index < -0.39 is 5.97 Å². The molecule has 2 rings (SSSR count). The highest BCUT2D eigenvalue weighted by Gasteiger charge is 2.18. The maximum absolute atomic E-state index is 12.6. The summed E-state index contributed by atoms with van der Waals surface area (Å²) < 4.78 is 10.6. The minimum absolute atomic E-state index is 0.0635. The SMILES string of the molecule is CCOC(=O)CN(Cc1ccccc1)C(=O)CCOc1cccc(C)c1. The fourth-order valence-corrected chi connectivity index (χ4v) is 2.52. The third kappa shape index (κ3) is 6.59. The quantitative estimate of drug-likeness (QED) is 0.647. The van der Waals surface area contributed by atoms with E-state index in [1.165, 1.54) is 4.90 Å². The van der Waals surface area contributed by atoms with Crippen molar-refractivity contribution in [3.63, 3.8) is 0 Å². The molecule has 0 aromatic heterocycles. The number of nitrogens with zero attached hydrogens (tertiary/aromatic N) is 1. The van der Waals surface area contributed by atoms with Crippen molar-refractivity contribution in [3.8, 4) is 5.75 Å². The molecule has 0 saturated carbocycles. The molecule has 5 heteroatoms. The molecular formula is C21H25NO4. The van der Waals surface area contributed by atoms with Gasteiger partial charge in [0.05, 0.1) is 19.6 Å². The zero-order valence-corrected chi connectivity index (χ0v) is 15.3. The molecule has 0 aliphatic heterocycles. The molecule has 0 saturated heterocycles. The van der Waals surface area contributed by atoms with Crippen molar-refractivity contribution >= 4 is 11.9 Å². The van der Waals surface area contributed by atoms with Gasteiger partial charge in [0.1, 0.15) is 12.3 Å². The monoisotopic (exact) mass is 355 g/mol. The topological polar surface area (TPSA) is 55.8 Å². The van der Waals surface area contributed by atoms with E-state index >= 15 is 0 Å². The second-order valence-corrected chi connectivity index (χ2v) is 5.96. The van der Waals surface area contributed by atoms with Crippen molar-refractivity contribution in [2.24, 2.45) is 0 Å². The molecule has 0 N–H and O–H groups in total. The summed E-state index contributed by atoms with van der Waals surface area (Å²) >= 11 is 0. The Bertz CT molecular complexity index is 715. The van der Waals surface area contributed by atoms with Gasteiger partial charge >= 0.3 is 5.97 Å². The number of esters is 1. The van der Waals surface area contributed by atoms with E-state index in [2.05, 4.69) is 0 Å². The molecular weight excluding hydrogens is 330 g/mol. The summed E-state index contributed by atoms with van der Waals surface area (Å²) in [4.78, 5) is 25.9. The van der Waals surface area contributed by atoms with Crippen LogP contribution in [0, 0.1) is 6.92 Å². The second kappa shape index (κ2) is 10.2. The second-order valence-electron chi connectivity index (χ2n) is 5.96. The van der Waals surface area contributed by atoms with Crippen LogP contribution >= 0.6 is 0 Å². The lowest BCUT2D eigenvalue weighted by Crippen LogP contribution is -2.36. The average molecular weight is 355 g/mol. The van der Waals surface area contributed by atoms with Crippen molar-refractivity contribution in [2.75, 3.05) is 19.8 Å². The molecule has 0 atom stereocenters. The first kappa shape index (κ1) is 19.5. The molecule has 0 unspecified atom stereocenters. The number of hydrogen-bond acceptors (Lipinski definition) is 4.